The lowest BCUT2D eigenvalue weighted by atomic mass is 10.0. The molecule has 0 radical (unpaired) electrons. The highest BCUT2D eigenvalue weighted by Gasteiger charge is 2.14. The quantitative estimate of drug-likeness (QED) is 0.747. The van der Waals surface area contributed by atoms with Gasteiger partial charge in [-0.1, -0.05) is 12.1 Å². The highest BCUT2D eigenvalue weighted by molar-refractivity contribution is 5.97. The van der Waals surface area contributed by atoms with Crippen LogP contribution in [0.25, 0.3) is 22.1 Å². The molecule has 1 aromatic heterocycles. The number of phenols is 1. The second kappa shape index (κ2) is 4.60. The summed E-state index contributed by atoms with van der Waals surface area (Å²) in [5.74, 6) is 1.11. The Bertz CT molecular complexity index is 767. The molecular weight excluding hydrogens is 252 g/mol. The Balaban J connectivity index is 2.21. The van der Waals surface area contributed by atoms with Crippen LogP contribution in [-0.4, -0.2) is 12.2 Å². The van der Waals surface area contributed by atoms with Gasteiger partial charge in [0.15, 0.2) is 0 Å². The largest absolute Gasteiger partial charge is 0.508 e. The lowest BCUT2D eigenvalue weighted by molar-refractivity contribution is 0.415. The highest BCUT2D eigenvalue weighted by atomic mass is 16.5. The number of aromatic hydroxyl groups is 1. The van der Waals surface area contributed by atoms with E-state index in [0.717, 1.165) is 39.0 Å². The van der Waals surface area contributed by atoms with Gasteiger partial charge in [-0.25, -0.2) is 0 Å². The molecule has 3 aromatic rings. The van der Waals surface area contributed by atoms with Crippen molar-refractivity contribution in [3.63, 3.8) is 0 Å². The van der Waals surface area contributed by atoms with Crippen molar-refractivity contribution in [1.29, 1.82) is 0 Å². The van der Waals surface area contributed by atoms with Crippen LogP contribution in [0.15, 0.2) is 41.0 Å². The SMILES string of the molecule is COc1ccc(-c2coc3c(C)c(C)c(O)cc23)cc1. The van der Waals surface area contributed by atoms with Crippen molar-refractivity contribution in [2.75, 3.05) is 7.11 Å². The van der Waals surface area contributed by atoms with Gasteiger partial charge in [0.25, 0.3) is 0 Å². The Kier molecular flexibility index (Phi) is 2.90. The van der Waals surface area contributed by atoms with Crippen LogP contribution in [0.3, 0.4) is 0 Å². The first-order valence-corrected chi connectivity index (χ1v) is 6.46. The average Bonchev–Trinajstić information content (AvgIpc) is 2.89. The number of hydrogen-bond acceptors (Lipinski definition) is 3. The number of rotatable bonds is 2. The minimum absolute atomic E-state index is 0.297. The minimum atomic E-state index is 0.297. The van der Waals surface area contributed by atoms with Crippen LogP contribution in [0.4, 0.5) is 0 Å². The summed E-state index contributed by atoms with van der Waals surface area (Å²) >= 11 is 0. The zero-order chi connectivity index (χ0) is 14.3. The van der Waals surface area contributed by atoms with E-state index in [1.807, 2.05) is 38.1 Å². The van der Waals surface area contributed by atoms with E-state index in [-0.39, 0.29) is 0 Å². The molecule has 0 fully saturated rings. The van der Waals surface area contributed by atoms with Crippen molar-refractivity contribution in [3.8, 4) is 22.6 Å². The molecule has 3 rings (SSSR count). The third-order valence-corrected chi connectivity index (χ3v) is 3.80. The zero-order valence-corrected chi connectivity index (χ0v) is 11.7. The molecule has 20 heavy (non-hydrogen) atoms. The van der Waals surface area contributed by atoms with Crippen LogP contribution in [0, 0.1) is 13.8 Å². The smallest absolute Gasteiger partial charge is 0.137 e. The van der Waals surface area contributed by atoms with Crippen LogP contribution in [0.2, 0.25) is 0 Å². The van der Waals surface area contributed by atoms with Gasteiger partial charge in [0.05, 0.1) is 13.4 Å². The number of phenolic OH excluding ortho intramolecular Hbond substituents is 1. The molecule has 3 heteroatoms. The maximum absolute atomic E-state index is 10.0. The second-order valence-corrected chi connectivity index (χ2v) is 4.90. The monoisotopic (exact) mass is 268 g/mol. The van der Waals surface area contributed by atoms with E-state index in [1.54, 1.807) is 19.4 Å². The Morgan fingerprint density at radius 2 is 1.75 bits per heavy atom. The number of furan rings is 1. The standard InChI is InChI=1S/C17H16O3/c1-10-11(2)17-14(8-16(10)18)15(9-20-17)12-4-6-13(19-3)7-5-12/h4-9,18H,1-3H3. The number of methoxy groups -OCH3 is 1. The van der Waals surface area contributed by atoms with Crippen molar-refractivity contribution >= 4 is 11.0 Å². The van der Waals surface area contributed by atoms with Gasteiger partial charge in [0.2, 0.25) is 0 Å². The Labute approximate surface area is 117 Å². The van der Waals surface area contributed by atoms with Gasteiger partial charge in [-0.2, -0.15) is 0 Å². The van der Waals surface area contributed by atoms with Gasteiger partial charge in [-0.05, 0) is 48.7 Å². The molecule has 0 bridgehead atoms. The average molecular weight is 268 g/mol. The van der Waals surface area contributed by atoms with Crippen molar-refractivity contribution in [1.82, 2.24) is 0 Å². The number of ether oxygens (including phenoxy) is 1. The van der Waals surface area contributed by atoms with Gasteiger partial charge in [-0.15, -0.1) is 0 Å². The number of aryl methyl sites for hydroxylation is 1. The van der Waals surface area contributed by atoms with Crippen LogP contribution >= 0.6 is 0 Å². The molecule has 3 nitrogen and oxygen atoms in total. The molecule has 0 spiro atoms. The molecule has 0 aliphatic carbocycles. The summed E-state index contributed by atoms with van der Waals surface area (Å²) in [6.45, 7) is 3.85. The summed E-state index contributed by atoms with van der Waals surface area (Å²) in [6, 6.07) is 9.55. The molecule has 102 valence electrons. The van der Waals surface area contributed by atoms with Gasteiger partial charge >= 0.3 is 0 Å². The molecule has 0 aliphatic heterocycles. The summed E-state index contributed by atoms with van der Waals surface area (Å²) < 4.78 is 10.8. The molecule has 0 aliphatic rings. The normalized spacial score (nSPS) is 10.9. The second-order valence-electron chi connectivity index (χ2n) is 4.90. The lowest BCUT2D eigenvalue weighted by Crippen LogP contribution is -1.84. The van der Waals surface area contributed by atoms with E-state index >= 15 is 0 Å². The predicted octanol–water partition coefficient (Wildman–Crippen LogP) is 4.43. The van der Waals surface area contributed by atoms with Crippen molar-refractivity contribution < 1.29 is 14.3 Å². The first kappa shape index (κ1) is 12.6. The van der Waals surface area contributed by atoms with E-state index in [4.69, 9.17) is 9.15 Å². The fourth-order valence-corrected chi connectivity index (χ4v) is 2.40. The highest BCUT2D eigenvalue weighted by Crippen LogP contribution is 2.37. The molecule has 0 unspecified atom stereocenters. The summed E-state index contributed by atoms with van der Waals surface area (Å²) in [7, 11) is 1.65. The van der Waals surface area contributed by atoms with E-state index in [9.17, 15) is 5.11 Å². The molecule has 2 aromatic carbocycles. The number of hydrogen-bond donors (Lipinski definition) is 1. The summed E-state index contributed by atoms with van der Waals surface area (Å²) in [5, 5.41) is 10.9. The summed E-state index contributed by atoms with van der Waals surface area (Å²) in [5.41, 5.74) is 4.66. The van der Waals surface area contributed by atoms with Crippen LogP contribution in [0.1, 0.15) is 11.1 Å². The molecule has 1 N–H and O–H groups in total. The first-order chi connectivity index (χ1) is 9.61. The van der Waals surface area contributed by atoms with Crippen molar-refractivity contribution in [2.45, 2.75) is 13.8 Å². The molecule has 0 atom stereocenters. The molecule has 1 heterocycles. The molecule has 0 amide bonds. The van der Waals surface area contributed by atoms with Crippen LogP contribution in [-0.2, 0) is 0 Å². The third kappa shape index (κ3) is 1.83. The van der Waals surface area contributed by atoms with Gasteiger partial charge in [0, 0.05) is 10.9 Å². The van der Waals surface area contributed by atoms with E-state index in [0.29, 0.717) is 5.75 Å². The lowest BCUT2D eigenvalue weighted by Gasteiger charge is -2.05. The summed E-state index contributed by atoms with van der Waals surface area (Å²) in [6.07, 6.45) is 1.73. The Hall–Kier alpha value is -2.42. The predicted molar refractivity (Wildman–Crippen MR) is 79.3 cm³/mol. The number of benzene rings is 2. The topological polar surface area (TPSA) is 42.6 Å². The van der Waals surface area contributed by atoms with E-state index in [2.05, 4.69) is 0 Å². The minimum Gasteiger partial charge on any atom is -0.508 e. The third-order valence-electron chi connectivity index (χ3n) is 3.80. The molecular formula is C17H16O3. The maximum atomic E-state index is 10.0. The Morgan fingerprint density at radius 3 is 2.40 bits per heavy atom. The fraction of sp³-hybridized carbons (Fsp3) is 0.176. The van der Waals surface area contributed by atoms with Crippen molar-refractivity contribution in [3.05, 3.63) is 47.7 Å². The van der Waals surface area contributed by atoms with E-state index < -0.39 is 0 Å². The van der Waals surface area contributed by atoms with Gasteiger partial charge < -0.3 is 14.3 Å². The summed E-state index contributed by atoms with van der Waals surface area (Å²) in [4.78, 5) is 0. The van der Waals surface area contributed by atoms with Crippen LogP contribution in [0.5, 0.6) is 11.5 Å². The molecule has 0 saturated carbocycles. The van der Waals surface area contributed by atoms with Gasteiger partial charge in [-0.3, -0.25) is 0 Å². The fourth-order valence-electron chi connectivity index (χ4n) is 2.40. The number of fused-ring (bicyclic) bond motifs is 1. The first-order valence-electron chi connectivity index (χ1n) is 6.46. The Morgan fingerprint density at radius 1 is 1.05 bits per heavy atom. The van der Waals surface area contributed by atoms with E-state index in [1.165, 1.54) is 0 Å². The van der Waals surface area contributed by atoms with Crippen LogP contribution < -0.4 is 4.74 Å². The zero-order valence-electron chi connectivity index (χ0n) is 11.7. The molecule has 0 saturated heterocycles. The van der Waals surface area contributed by atoms with Crippen molar-refractivity contribution in [2.24, 2.45) is 0 Å². The van der Waals surface area contributed by atoms with Gasteiger partial charge in [0.1, 0.15) is 17.1 Å². The maximum Gasteiger partial charge on any atom is 0.137 e.